The number of amides is 1. The van der Waals surface area contributed by atoms with Gasteiger partial charge in [0.2, 0.25) is 0 Å². The molecule has 0 aliphatic carbocycles. The summed E-state index contributed by atoms with van der Waals surface area (Å²) in [6.45, 7) is 0.940. The van der Waals surface area contributed by atoms with Gasteiger partial charge in [0.1, 0.15) is 11.6 Å². The molecule has 0 unspecified atom stereocenters. The molecule has 0 bridgehead atoms. The maximum atomic E-state index is 13.9. The molecule has 0 spiro atoms. The van der Waals surface area contributed by atoms with Crippen molar-refractivity contribution in [2.45, 2.75) is 13.0 Å². The summed E-state index contributed by atoms with van der Waals surface area (Å²) in [4.78, 5) is 18.6. The van der Waals surface area contributed by atoms with Crippen LogP contribution in [0.15, 0.2) is 53.5 Å². The van der Waals surface area contributed by atoms with Crippen molar-refractivity contribution in [2.24, 2.45) is 4.99 Å². The zero-order chi connectivity index (χ0) is 16.9. The van der Waals surface area contributed by atoms with Crippen molar-refractivity contribution >= 4 is 22.8 Å². The molecule has 0 atom stereocenters. The maximum Gasteiger partial charge on any atom is 0.262 e. The highest BCUT2D eigenvalue weighted by molar-refractivity contribution is 8.13. The molecule has 2 aromatic carbocycles. The predicted octanol–water partition coefficient (Wildman–Crippen LogP) is 4.10. The van der Waals surface area contributed by atoms with E-state index in [9.17, 15) is 13.6 Å². The summed E-state index contributed by atoms with van der Waals surface area (Å²) in [5, 5.41) is 0.582. The maximum absolute atomic E-state index is 13.9. The van der Waals surface area contributed by atoms with Crippen molar-refractivity contribution in [2.75, 3.05) is 12.3 Å². The van der Waals surface area contributed by atoms with E-state index >= 15 is 0 Å². The first-order chi connectivity index (χ1) is 11.6. The summed E-state index contributed by atoms with van der Waals surface area (Å²) in [6.07, 6.45) is 0.809. The second-order valence-corrected chi connectivity index (χ2v) is 6.43. The van der Waals surface area contributed by atoms with Gasteiger partial charge in [-0.1, -0.05) is 42.1 Å². The molecule has 0 N–H and O–H groups in total. The van der Waals surface area contributed by atoms with Gasteiger partial charge < -0.3 is 0 Å². The van der Waals surface area contributed by atoms with E-state index in [1.54, 1.807) is 0 Å². The van der Waals surface area contributed by atoms with Crippen molar-refractivity contribution in [1.82, 2.24) is 4.90 Å². The Kier molecular flexibility index (Phi) is 5.25. The summed E-state index contributed by atoms with van der Waals surface area (Å²) in [7, 11) is 0. The predicted molar refractivity (Wildman–Crippen MR) is 92.1 cm³/mol. The van der Waals surface area contributed by atoms with Crippen LogP contribution in [0.5, 0.6) is 0 Å². The fourth-order valence-corrected chi connectivity index (χ4v) is 3.37. The molecule has 0 saturated carbocycles. The fourth-order valence-electron chi connectivity index (χ4n) is 2.43. The summed E-state index contributed by atoms with van der Waals surface area (Å²) in [5.41, 5.74) is 0.905. The van der Waals surface area contributed by atoms with Crippen LogP contribution in [-0.2, 0) is 6.54 Å². The second-order valence-electron chi connectivity index (χ2n) is 5.37. The lowest BCUT2D eigenvalue weighted by atomic mass is 10.2. The van der Waals surface area contributed by atoms with Gasteiger partial charge in [0.25, 0.3) is 5.91 Å². The van der Waals surface area contributed by atoms with Crippen molar-refractivity contribution in [1.29, 1.82) is 0 Å². The number of rotatable bonds is 3. The van der Waals surface area contributed by atoms with Crippen LogP contribution in [0.4, 0.5) is 8.78 Å². The second kappa shape index (κ2) is 7.57. The van der Waals surface area contributed by atoms with Crippen molar-refractivity contribution in [3.05, 3.63) is 71.3 Å². The van der Waals surface area contributed by atoms with E-state index in [1.807, 2.05) is 30.3 Å². The minimum atomic E-state index is -0.849. The molecule has 6 heteroatoms. The molecule has 124 valence electrons. The lowest BCUT2D eigenvalue weighted by molar-refractivity contribution is 0.0844. The number of carbonyl (C=O) groups excluding carboxylic acids is 1. The zero-order valence-corrected chi connectivity index (χ0v) is 13.7. The van der Waals surface area contributed by atoms with Crippen molar-refractivity contribution < 1.29 is 13.6 Å². The van der Waals surface area contributed by atoms with Gasteiger partial charge in [-0.3, -0.25) is 14.7 Å². The molecule has 1 heterocycles. The van der Waals surface area contributed by atoms with Crippen LogP contribution >= 0.6 is 11.8 Å². The Balaban J connectivity index is 1.82. The van der Waals surface area contributed by atoms with Gasteiger partial charge in [-0.15, -0.1) is 0 Å². The minimum Gasteiger partial charge on any atom is -0.287 e. The molecule has 1 aliphatic heterocycles. The monoisotopic (exact) mass is 346 g/mol. The number of benzene rings is 2. The standard InChI is InChI=1S/C18H16F2N2OS/c19-14-7-8-15(16(20)11-14)17(23)22-9-4-10-24-18(22)21-12-13-5-2-1-3-6-13/h1-3,5-8,11H,4,9-10,12H2. The van der Waals surface area contributed by atoms with Gasteiger partial charge in [-0.05, 0) is 24.1 Å². The quantitative estimate of drug-likeness (QED) is 0.838. The van der Waals surface area contributed by atoms with E-state index in [1.165, 1.54) is 22.7 Å². The third-order valence-corrected chi connectivity index (χ3v) is 4.74. The van der Waals surface area contributed by atoms with E-state index in [0.29, 0.717) is 18.3 Å². The van der Waals surface area contributed by atoms with Crippen LogP contribution in [0.1, 0.15) is 22.3 Å². The van der Waals surface area contributed by atoms with Crippen LogP contribution in [0.25, 0.3) is 0 Å². The molecule has 3 nitrogen and oxygen atoms in total. The van der Waals surface area contributed by atoms with Crippen LogP contribution in [0, 0.1) is 11.6 Å². The lowest BCUT2D eigenvalue weighted by Crippen LogP contribution is -2.39. The smallest absolute Gasteiger partial charge is 0.262 e. The van der Waals surface area contributed by atoms with E-state index in [0.717, 1.165) is 29.9 Å². The number of thioether (sulfide) groups is 1. The molecule has 1 saturated heterocycles. The van der Waals surface area contributed by atoms with E-state index in [4.69, 9.17) is 0 Å². The minimum absolute atomic E-state index is 0.133. The van der Waals surface area contributed by atoms with Gasteiger partial charge in [0.15, 0.2) is 5.17 Å². The van der Waals surface area contributed by atoms with Gasteiger partial charge in [-0.25, -0.2) is 8.78 Å². The highest BCUT2D eigenvalue weighted by Crippen LogP contribution is 2.22. The van der Waals surface area contributed by atoms with Gasteiger partial charge >= 0.3 is 0 Å². The molecule has 1 aliphatic rings. The van der Waals surface area contributed by atoms with E-state index in [2.05, 4.69) is 4.99 Å². The van der Waals surface area contributed by atoms with E-state index in [-0.39, 0.29) is 5.56 Å². The Bertz CT molecular complexity index is 765. The summed E-state index contributed by atoms with van der Waals surface area (Å²) >= 11 is 1.48. The van der Waals surface area contributed by atoms with Crippen LogP contribution < -0.4 is 0 Å². The largest absolute Gasteiger partial charge is 0.287 e. The van der Waals surface area contributed by atoms with Crippen molar-refractivity contribution in [3.8, 4) is 0 Å². The highest BCUT2D eigenvalue weighted by Gasteiger charge is 2.26. The van der Waals surface area contributed by atoms with Crippen molar-refractivity contribution in [3.63, 3.8) is 0 Å². The molecule has 0 radical (unpaired) electrons. The molecular weight excluding hydrogens is 330 g/mol. The van der Waals surface area contributed by atoms with Gasteiger partial charge in [0, 0.05) is 18.4 Å². The SMILES string of the molecule is O=C(c1ccc(F)cc1F)N1CCCSC1=NCc1ccccc1. The number of nitrogens with zero attached hydrogens (tertiary/aromatic N) is 2. The average molecular weight is 346 g/mol. The average Bonchev–Trinajstić information content (AvgIpc) is 2.60. The molecule has 1 amide bonds. The normalized spacial score (nSPS) is 16.4. The molecular formula is C18H16F2N2OS. The zero-order valence-electron chi connectivity index (χ0n) is 12.9. The Labute approximate surface area is 143 Å². The molecule has 1 fully saturated rings. The molecule has 24 heavy (non-hydrogen) atoms. The van der Waals surface area contributed by atoms with Gasteiger partial charge in [-0.2, -0.15) is 0 Å². The molecule has 0 aromatic heterocycles. The number of amidine groups is 1. The number of aliphatic imine (C=N–C) groups is 1. The summed E-state index contributed by atoms with van der Waals surface area (Å²) in [5.74, 6) is -1.16. The number of hydrogen-bond acceptors (Lipinski definition) is 3. The highest BCUT2D eigenvalue weighted by atomic mass is 32.2. The number of carbonyl (C=O) groups is 1. The third kappa shape index (κ3) is 3.82. The number of hydrogen-bond donors (Lipinski definition) is 0. The first kappa shape index (κ1) is 16.6. The Morgan fingerprint density at radius 1 is 1.17 bits per heavy atom. The topological polar surface area (TPSA) is 32.7 Å². The Hall–Kier alpha value is -2.21. The first-order valence-corrected chi connectivity index (χ1v) is 8.62. The van der Waals surface area contributed by atoms with E-state index < -0.39 is 17.5 Å². The summed E-state index contributed by atoms with van der Waals surface area (Å²) < 4.78 is 26.9. The summed E-state index contributed by atoms with van der Waals surface area (Å²) in [6, 6.07) is 12.7. The van der Waals surface area contributed by atoms with Crippen LogP contribution in [0.3, 0.4) is 0 Å². The third-order valence-electron chi connectivity index (χ3n) is 3.63. The van der Waals surface area contributed by atoms with Gasteiger partial charge in [0.05, 0.1) is 12.1 Å². The number of halogens is 2. The molecule has 3 rings (SSSR count). The molecule has 2 aromatic rings. The Morgan fingerprint density at radius 2 is 1.96 bits per heavy atom. The lowest BCUT2D eigenvalue weighted by Gasteiger charge is -2.28. The van der Waals surface area contributed by atoms with Crippen LogP contribution in [-0.4, -0.2) is 28.3 Å². The fraction of sp³-hybridized carbons (Fsp3) is 0.222. The first-order valence-electron chi connectivity index (χ1n) is 7.63. The Morgan fingerprint density at radius 3 is 2.71 bits per heavy atom. The van der Waals surface area contributed by atoms with Crippen LogP contribution in [0.2, 0.25) is 0 Å².